The summed E-state index contributed by atoms with van der Waals surface area (Å²) in [5.74, 6) is -0.668. The van der Waals surface area contributed by atoms with E-state index in [2.05, 4.69) is 5.32 Å². The van der Waals surface area contributed by atoms with Crippen molar-refractivity contribution in [3.05, 3.63) is 71.3 Å². The van der Waals surface area contributed by atoms with Crippen molar-refractivity contribution in [1.29, 1.82) is 0 Å². The summed E-state index contributed by atoms with van der Waals surface area (Å²) in [7, 11) is 0. The maximum atomic E-state index is 13.6. The van der Waals surface area contributed by atoms with Gasteiger partial charge in [0.25, 0.3) is 0 Å². The Morgan fingerprint density at radius 3 is 2.64 bits per heavy atom. The molecule has 0 radical (unpaired) electrons. The fraction of sp³-hybridized carbons (Fsp3) is 0.350. The van der Waals surface area contributed by atoms with Crippen LogP contribution in [0, 0.1) is 11.6 Å². The van der Waals surface area contributed by atoms with Gasteiger partial charge in [-0.3, -0.25) is 4.79 Å². The van der Waals surface area contributed by atoms with Crippen LogP contribution in [0.15, 0.2) is 48.5 Å². The molecule has 3 rings (SSSR count). The van der Waals surface area contributed by atoms with Gasteiger partial charge >= 0.3 is 0 Å². The Morgan fingerprint density at radius 1 is 1.20 bits per heavy atom. The van der Waals surface area contributed by atoms with E-state index in [0.717, 1.165) is 11.1 Å². The number of hydrogen-bond acceptors (Lipinski definition) is 2. The molecule has 0 aliphatic carbocycles. The fourth-order valence-electron chi connectivity index (χ4n) is 3.32. The van der Waals surface area contributed by atoms with Gasteiger partial charge in [0.1, 0.15) is 11.6 Å². The first-order valence-corrected chi connectivity index (χ1v) is 8.55. The molecule has 1 aliphatic rings. The van der Waals surface area contributed by atoms with Crippen LogP contribution in [0.4, 0.5) is 8.78 Å². The third kappa shape index (κ3) is 4.23. The number of piperazine rings is 1. The molecule has 2 unspecified atom stereocenters. The van der Waals surface area contributed by atoms with E-state index in [-0.39, 0.29) is 29.5 Å². The number of carbonyl (C=O) groups excluding carboxylic acids is 1. The van der Waals surface area contributed by atoms with Gasteiger partial charge in [-0.2, -0.15) is 0 Å². The normalized spacial score (nSPS) is 18.8. The second-order valence-electron chi connectivity index (χ2n) is 6.52. The maximum absolute atomic E-state index is 13.6. The zero-order valence-electron chi connectivity index (χ0n) is 14.2. The van der Waals surface area contributed by atoms with Gasteiger partial charge < -0.3 is 10.2 Å². The van der Waals surface area contributed by atoms with Gasteiger partial charge in [0.2, 0.25) is 5.91 Å². The quantitative estimate of drug-likeness (QED) is 0.919. The first-order chi connectivity index (χ1) is 12.0. The molecule has 5 heteroatoms. The van der Waals surface area contributed by atoms with Crippen molar-refractivity contribution >= 4 is 5.91 Å². The average Bonchev–Trinajstić information content (AvgIpc) is 2.61. The molecule has 132 valence electrons. The molecular formula is C20H22F2N2O. The monoisotopic (exact) mass is 344 g/mol. The molecule has 1 N–H and O–H groups in total. The smallest absolute Gasteiger partial charge is 0.223 e. The van der Waals surface area contributed by atoms with E-state index >= 15 is 0 Å². The number of halogens is 2. The molecule has 2 aromatic carbocycles. The molecule has 0 saturated carbocycles. The first-order valence-electron chi connectivity index (χ1n) is 8.55. The standard InChI is InChI=1S/C20H22F2N2O/c1-14(15-4-2-6-17(21)11-15)10-20(25)24-9-8-23-13-19(24)16-5-3-7-18(22)12-16/h2-7,11-12,14,19,23H,8-10,13H2,1H3. The van der Waals surface area contributed by atoms with E-state index < -0.39 is 0 Å². The van der Waals surface area contributed by atoms with Crippen LogP contribution in [-0.4, -0.2) is 30.4 Å². The molecule has 2 aromatic rings. The van der Waals surface area contributed by atoms with Crippen LogP contribution in [0.5, 0.6) is 0 Å². The van der Waals surface area contributed by atoms with Crippen molar-refractivity contribution in [2.45, 2.75) is 25.3 Å². The van der Waals surface area contributed by atoms with Crippen LogP contribution < -0.4 is 5.32 Å². The van der Waals surface area contributed by atoms with Crippen molar-refractivity contribution in [2.24, 2.45) is 0 Å². The number of hydrogen-bond donors (Lipinski definition) is 1. The van der Waals surface area contributed by atoms with Gasteiger partial charge in [0, 0.05) is 26.1 Å². The molecule has 25 heavy (non-hydrogen) atoms. The lowest BCUT2D eigenvalue weighted by Gasteiger charge is -2.37. The average molecular weight is 344 g/mol. The van der Waals surface area contributed by atoms with Gasteiger partial charge in [0.15, 0.2) is 0 Å². The molecule has 3 nitrogen and oxygen atoms in total. The Morgan fingerprint density at radius 2 is 1.92 bits per heavy atom. The molecular weight excluding hydrogens is 322 g/mol. The Bertz CT molecular complexity index is 750. The van der Waals surface area contributed by atoms with E-state index in [9.17, 15) is 13.6 Å². The highest BCUT2D eigenvalue weighted by molar-refractivity contribution is 5.78. The number of benzene rings is 2. The van der Waals surface area contributed by atoms with Gasteiger partial charge in [-0.25, -0.2) is 8.78 Å². The number of nitrogens with zero attached hydrogens (tertiary/aromatic N) is 1. The summed E-state index contributed by atoms with van der Waals surface area (Å²) in [6, 6.07) is 12.6. The third-order valence-electron chi connectivity index (χ3n) is 4.70. The van der Waals surface area contributed by atoms with E-state index in [4.69, 9.17) is 0 Å². The summed E-state index contributed by atoms with van der Waals surface area (Å²) in [6.07, 6.45) is 0.301. The van der Waals surface area contributed by atoms with Gasteiger partial charge in [-0.1, -0.05) is 31.2 Å². The SMILES string of the molecule is CC(CC(=O)N1CCNCC1c1cccc(F)c1)c1cccc(F)c1. The van der Waals surface area contributed by atoms with E-state index in [1.54, 1.807) is 17.0 Å². The Labute approximate surface area is 146 Å². The van der Waals surface area contributed by atoms with Crippen molar-refractivity contribution < 1.29 is 13.6 Å². The van der Waals surface area contributed by atoms with Crippen LogP contribution in [0.3, 0.4) is 0 Å². The zero-order valence-corrected chi connectivity index (χ0v) is 14.2. The van der Waals surface area contributed by atoms with Crippen molar-refractivity contribution in [3.63, 3.8) is 0 Å². The van der Waals surface area contributed by atoms with Gasteiger partial charge in [-0.15, -0.1) is 0 Å². The van der Waals surface area contributed by atoms with Crippen LogP contribution in [-0.2, 0) is 4.79 Å². The third-order valence-corrected chi connectivity index (χ3v) is 4.70. The van der Waals surface area contributed by atoms with E-state index in [0.29, 0.717) is 26.1 Å². The minimum absolute atomic E-state index is 0.00697. The summed E-state index contributed by atoms with van der Waals surface area (Å²) in [5.41, 5.74) is 1.60. The molecule has 1 heterocycles. The summed E-state index contributed by atoms with van der Waals surface area (Å²) in [5, 5.41) is 3.26. The molecule has 1 amide bonds. The molecule has 0 bridgehead atoms. The van der Waals surface area contributed by atoms with Crippen molar-refractivity contribution in [3.8, 4) is 0 Å². The highest BCUT2D eigenvalue weighted by Gasteiger charge is 2.29. The minimum atomic E-state index is -0.302. The van der Waals surface area contributed by atoms with Crippen molar-refractivity contribution in [2.75, 3.05) is 19.6 Å². The molecule has 0 spiro atoms. The van der Waals surface area contributed by atoms with Gasteiger partial charge in [-0.05, 0) is 41.3 Å². The lowest BCUT2D eigenvalue weighted by molar-refractivity contribution is -0.134. The lowest BCUT2D eigenvalue weighted by atomic mass is 9.95. The predicted molar refractivity (Wildman–Crippen MR) is 93.2 cm³/mol. The molecule has 1 aliphatic heterocycles. The summed E-state index contributed by atoms with van der Waals surface area (Å²) < 4.78 is 27.0. The predicted octanol–water partition coefficient (Wildman–Crippen LogP) is 3.63. The van der Waals surface area contributed by atoms with Crippen LogP contribution in [0.2, 0.25) is 0 Å². The first kappa shape index (κ1) is 17.5. The molecule has 1 fully saturated rings. The summed E-state index contributed by atoms with van der Waals surface area (Å²) >= 11 is 0. The minimum Gasteiger partial charge on any atom is -0.333 e. The molecule has 2 atom stereocenters. The topological polar surface area (TPSA) is 32.3 Å². The fourth-order valence-corrected chi connectivity index (χ4v) is 3.32. The summed E-state index contributed by atoms with van der Waals surface area (Å²) in [4.78, 5) is 14.7. The number of nitrogens with one attached hydrogen (secondary N) is 1. The number of rotatable bonds is 4. The largest absolute Gasteiger partial charge is 0.333 e. The van der Waals surface area contributed by atoms with Crippen LogP contribution in [0.1, 0.15) is 36.4 Å². The highest BCUT2D eigenvalue weighted by atomic mass is 19.1. The van der Waals surface area contributed by atoms with E-state index in [1.165, 1.54) is 24.3 Å². The second-order valence-corrected chi connectivity index (χ2v) is 6.52. The number of carbonyl (C=O) groups is 1. The lowest BCUT2D eigenvalue weighted by Crippen LogP contribution is -2.48. The molecule has 1 saturated heterocycles. The Kier molecular flexibility index (Phi) is 5.43. The number of amides is 1. The van der Waals surface area contributed by atoms with E-state index in [1.807, 2.05) is 19.1 Å². The highest BCUT2D eigenvalue weighted by Crippen LogP contribution is 2.27. The van der Waals surface area contributed by atoms with Crippen LogP contribution in [0.25, 0.3) is 0 Å². The summed E-state index contributed by atoms with van der Waals surface area (Å²) in [6.45, 7) is 3.82. The zero-order chi connectivity index (χ0) is 17.8. The van der Waals surface area contributed by atoms with Crippen molar-refractivity contribution in [1.82, 2.24) is 10.2 Å². The van der Waals surface area contributed by atoms with Crippen LogP contribution >= 0.6 is 0 Å². The maximum Gasteiger partial charge on any atom is 0.223 e. The Hall–Kier alpha value is -2.27. The molecule has 0 aromatic heterocycles. The second kappa shape index (κ2) is 7.74. The Balaban J connectivity index is 1.74. The van der Waals surface area contributed by atoms with Gasteiger partial charge in [0.05, 0.1) is 6.04 Å².